The van der Waals surface area contributed by atoms with Crippen molar-refractivity contribution in [3.05, 3.63) is 41.2 Å². The van der Waals surface area contributed by atoms with Gasteiger partial charge in [0.2, 0.25) is 5.91 Å². The maximum absolute atomic E-state index is 12.6. The summed E-state index contributed by atoms with van der Waals surface area (Å²) in [6.45, 7) is 5.45. The molecule has 1 amide bonds. The van der Waals surface area contributed by atoms with Crippen molar-refractivity contribution in [1.29, 1.82) is 0 Å². The van der Waals surface area contributed by atoms with Crippen molar-refractivity contribution in [2.45, 2.75) is 39.0 Å². The van der Waals surface area contributed by atoms with Crippen LogP contribution in [0.5, 0.6) is 0 Å². The Morgan fingerprint density at radius 2 is 2.27 bits per heavy atom. The van der Waals surface area contributed by atoms with Crippen LogP contribution in [0.1, 0.15) is 41.4 Å². The first-order valence-electron chi connectivity index (χ1n) is 7.69. The van der Waals surface area contributed by atoms with Gasteiger partial charge in [-0.1, -0.05) is 0 Å². The molecule has 1 N–H and O–H groups in total. The maximum Gasteiger partial charge on any atom is 0.227 e. The number of hydrogen-bond donors (Lipinski definition) is 1. The zero-order valence-electron chi connectivity index (χ0n) is 13.0. The molecule has 0 aromatic carbocycles. The highest BCUT2D eigenvalue weighted by Crippen LogP contribution is 2.25. The number of H-pyrrole nitrogens is 1. The lowest BCUT2D eigenvalue weighted by Crippen LogP contribution is -2.40. The van der Waals surface area contributed by atoms with Crippen molar-refractivity contribution >= 4 is 5.91 Å². The van der Waals surface area contributed by atoms with Gasteiger partial charge in [0.1, 0.15) is 0 Å². The quantitative estimate of drug-likeness (QED) is 0.937. The third-order valence-electron chi connectivity index (χ3n) is 4.38. The van der Waals surface area contributed by atoms with E-state index in [1.54, 1.807) is 12.4 Å². The molecule has 3 rings (SSSR count). The fourth-order valence-electron chi connectivity index (χ4n) is 3.06. The van der Waals surface area contributed by atoms with Crippen LogP contribution in [0.15, 0.2) is 18.6 Å². The number of carbonyl (C=O) groups excluding carboxylic acids is 1. The van der Waals surface area contributed by atoms with Gasteiger partial charge >= 0.3 is 0 Å². The van der Waals surface area contributed by atoms with E-state index in [9.17, 15) is 4.79 Å². The van der Waals surface area contributed by atoms with Gasteiger partial charge in [0.25, 0.3) is 0 Å². The molecule has 116 valence electrons. The predicted molar refractivity (Wildman–Crippen MR) is 82.4 cm³/mol. The van der Waals surface area contributed by atoms with E-state index in [4.69, 9.17) is 0 Å². The summed E-state index contributed by atoms with van der Waals surface area (Å²) in [6, 6.07) is 0. The highest BCUT2D eigenvalue weighted by atomic mass is 16.2. The second-order valence-corrected chi connectivity index (χ2v) is 5.90. The van der Waals surface area contributed by atoms with E-state index in [1.807, 2.05) is 24.9 Å². The van der Waals surface area contributed by atoms with Crippen LogP contribution >= 0.6 is 0 Å². The molecule has 22 heavy (non-hydrogen) atoms. The Morgan fingerprint density at radius 1 is 1.41 bits per heavy atom. The molecule has 6 heteroatoms. The first-order valence-corrected chi connectivity index (χ1v) is 7.69. The number of carbonyl (C=O) groups is 1. The van der Waals surface area contributed by atoms with Crippen molar-refractivity contribution in [3.8, 4) is 0 Å². The van der Waals surface area contributed by atoms with Crippen LogP contribution in [0.25, 0.3) is 0 Å². The zero-order chi connectivity index (χ0) is 15.5. The Hall–Kier alpha value is -2.24. The van der Waals surface area contributed by atoms with Gasteiger partial charge in [-0.2, -0.15) is 5.10 Å². The first-order chi connectivity index (χ1) is 10.6. The normalized spacial score (nSPS) is 18.5. The van der Waals surface area contributed by atoms with Gasteiger partial charge in [-0.05, 0) is 26.7 Å². The molecule has 2 aromatic rings. The molecule has 1 aliphatic rings. The van der Waals surface area contributed by atoms with Gasteiger partial charge in [0.05, 0.1) is 17.8 Å². The van der Waals surface area contributed by atoms with Gasteiger partial charge in [0.15, 0.2) is 0 Å². The van der Waals surface area contributed by atoms with Gasteiger partial charge in [-0.3, -0.25) is 19.9 Å². The second-order valence-electron chi connectivity index (χ2n) is 5.90. The fourth-order valence-corrected chi connectivity index (χ4v) is 3.06. The average Bonchev–Trinajstić information content (AvgIpc) is 2.88. The molecule has 1 atom stereocenters. The lowest BCUT2D eigenvalue weighted by Gasteiger charge is -2.32. The minimum atomic E-state index is 0.168. The summed E-state index contributed by atoms with van der Waals surface area (Å²) in [5, 5.41) is 7.10. The second kappa shape index (κ2) is 6.25. The summed E-state index contributed by atoms with van der Waals surface area (Å²) in [5.41, 5.74) is 3.89. The third kappa shape index (κ3) is 3.00. The predicted octanol–water partition coefficient (Wildman–Crippen LogP) is 1.77. The van der Waals surface area contributed by atoms with Crippen molar-refractivity contribution < 1.29 is 4.79 Å². The van der Waals surface area contributed by atoms with E-state index in [-0.39, 0.29) is 11.8 Å². The van der Waals surface area contributed by atoms with Gasteiger partial charge in [-0.25, -0.2) is 0 Å². The number of likely N-dealkylation sites (tertiary alicyclic amines) is 1. The maximum atomic E-state index is 12.6. The fraction of sp³-hybridized carbons (Fsp3) is 0.500. The summed E-state index contributed by atoms with van der Waals surface area (Å²) in [7, 11) is 0. The zero-order valence-corrected chi connectivity index (χ0v) is 13.0. The Kier molecular flexibility index (Phi) is 4.18. The third-order valence-corrected chi connectivity index (χ3v) is 4.38. The summed E-state index contributed by atoms with van der Waals surface area (Å²) >= 11 is 0. The number of amides is 1. The Bertz CT molecular complexity index is 632. The van der Waals surface area contributed by atoms with E-state index < -0.39 is 0 Å². The topological polar surface area (TPSA) is 74.8 Å². The van der Waals surface area contributed by atoms with Crippen molar-refractivity contribution in [2.75, 3.05) is 13.1 Å². The largest absolute Gasteiger partial charge is 0.342 e. The van der Waals surface area contributed by atoms with Crippen LogP contribution in [0.3, 0.4) is 0 Å². The molecule has 3 heterocycles. The van der Waals surface area contributed by atoms with Crippen LogP contribution in [0.2, 0.25) is 0 Å². The highest BCUT2D eigenvalue weighted by Gasteiger charge is 2.26. The first kappa shape index (κ1) is 14.7. The SMILES string of the molecule is Cc1n[nH]c(C)c1CC(=O)N1CCC[C@@H](c2cnccn2)C1. The Morgan fingerprint density at radius 3 is 2.95 bits per heavy atom. The summed E-state index contributed by atoms with van der Waals surface area (Å²) < 4.78 is 0. The molecular formula is C16H21N5O. The molecule has 0 radical (unpaired) electrons. The molecule has 0 spiro atoms. The van der Waals surface area contributed by atoms with Gasteiger partial charge in [-0.15, -0.1) is 0 Å². The highest BCUT2D eigenvalue weighted by molar-refractivity contribution is 5.79. The molecule has 0 unspecified atom stereocenters. The number of aryl methyl sites for hydroxylation is 2. The summed E-state index contributed by atoms with van der Waals surface area (Å²) in [4.78, 5) is 23.1. The van der Waals surface area contributed by atoms with E-state index in [0.29, 0.717) is 6.42 Å². The number of nitrogens with one attached hydrogen (secondary N) is 1. The van der Waals surface area contributed by atoms with Crippen molar-refractivity contribution in [3.63, 3.8) is 0 Å². The summed E-state index contributed by atoms with van der Waals surface area (Å²) in [5.74, 6) is 0.458. The minimum Gasteiger partial charge on any atom is -0.342 e. The van der Waals surface area contributed by atoms with Gasteiger partial charge < -0.3 is 4.90 Å². The number of aromatic amines is 1. The Labute approximate surface area is 130 Å². The number of hydrogen-bond acceptors (Lipinski definition) is 4. The van der Waals surface area contributed by atoms with E-state index in [1.165, 1.54) is 0 Å². The molecule has 1 aliphatic heterocycles. The van der Waals surface area contributed by atoms with Crippen molar-refractivity contribution in [1.82, 2.24) is 25.1 Å². The van der Waals surface area contributed by atoms with Crippen LogP contribution < -0.4 is 0 Å². The molecule has 1 saturated heterocycles. The van der Waals surface area contributed by atoms with Crippen LogP contribution in [-0.4, -0.2) is 44.1 Å². The molecule has 6 nitrogen and oxygen atoms in total. The molecule has 0 saturated carbocycles. The van der Waals surface area contributed by atoms with Crippen LogP contribution in [0.4, 0.5) is 0 Å². The van der Waals surface area contributed by atoms with E-state index >= 15 is 0 Å². The van der Waals surface area contributed by atoms with Crippen molar-refractivity contribution in [2.24, 2.45) is 0 Å². The molecule has 1 fully saturated rings. The van der Waals surface area contributed by atoms with E-state index in [0.717, 1.165) is 48.6 Å². The number of aromatic nitrogens is 4. The molecular weight excluding hydrogens is 278 g/mol. The minimum absolute atomic E-state index is 0.168. The average molecular weight is 299 g/mol. The lowest BCUT2D eigenvalue weighted by atomic mass is 9.94. The smallest absolute Gasteiger partial charge is 0.227 e. The molecule has 0 bridgehead atoms. The monoisotopic (exact) mass is 299 g/mol. The number of nitrogens with zero attached hydrogens (tertiary/aromatic N) is 4. The number of piperidine rings is 1. The van der Waals surface area contributed by atoms with Gasteiger partial charge in [0, 0.05) is 48.9 Å². The van der Waals surface area contributed by atoms with E-state index in [2.05, 4.69) is 20.2 Å². The van der Waals surface area contributed by atoms with Crippen LogP contribution in [0, 0.1) is 13.8 Å². The standard InChI is InChI=1S/C16H21N5O/c1-11-14(12(2)20-19-11)8-16(22)21-7-3-4-13(10-21)15-9-17-5-6-18-15/h5-6,9,13H,3-4,7-8,10H2,1-2H3,(H,19,20)/t13-/m1/s1. The van der Waals surface area contributed by atoms with Crippen LogP contribution in [-0.2, 0) is 11.2 Å². The summed E-state index contributed by atoms with van der Waals surface area (Å²) in [6.07, 6.45) is 7.70. The molecule has 0 aliphatic carbocycles. The molecule has 2 aromatic heterocycles. The Balaban J connectivity index is 1.68. The number of rotatable bonds is 3. The lowest BCUT2D eigenvalue weighted by molar-refractivity contribution is -0.131.